The maximum absolute atomic E-state index is 12.1. The normalized spacial score (nSPS) is 25.5. The van der Waals surface area contributed by atoms with Crippen LogP contribution in [-0.4, -0.2) is 37.5 Å². The van der Waals surface area contributed by atoms with Gasteiger partial charge in [-0.1, -0.05) is 12.2 Å². The number of likely N-dealkylation sites (tertiary alicyclic amines) is 1. The van der Waals surface area contributed by atoms with Crippen molar-refractivity contribution < 1.29 is 4.79 Å². The van der Waals surface area contributed by atoms with Gasteiger partial charge in [0.15, 0.2) is 0 Å². The molecule has 3 heteroatoms. The zero-order chi connectivity index (χ0) is 12.1. The Labute approximate surface area is 104 Å². The van der Waals surface area contributed by atoms with Crippen LogP contribution in [0.15, 0.2) is 12.2 Å². The Morgan fingerprint density at radius 1 is 1.35 bits per heavy atom. The molecule has 17 heavy (non-hydrogen) atoms. The molecular weight excluding hydrogens is 212 g/mol. The molecule has 3 nitrogen and oxygen atoms in total. The number of carbonyl (C=O) groups excluding carboxylic acids is 1. The SMILES string of the molecule is CNCC1CCN(C(=O)CC2C=CCC2)CC1. The van der Waals surface area contributed by atoms with Gasteiger partial charge in [0.1, 0.15) is 0 Å². The van der Waals surface area contributed by atoms with E-state index in [-0.39, 0.29) is 0 Å². The first-order valence-corrected chi connectivity index (χ1v) is 6.88. The van der Waals surface area contributed by atoms with Crippen LogP contribution in [0, 0.1) is 11.8 Å². The minimum absolute atomic E-state index is 0.365. The van der Waals surface area contributed by atoms with Gasteiger partial charge in [0.2, 0.25) is 5.91 Å². The van der Waals surface area contributed by atoms with Crippen molar-refractivity contribution in [2.24, 2.45) is 11.8 Å². The predicted molar refractivity (Wildman–Crippen MR) is 69.7 cm³/mol. The van der Waals surface area contributed by atoms with Crippen molar-refractivity contribution >= 4 is 5.91 Å². The molecule has 1 unspecified atom stereocenters. The lowest BCUT2D eigenvalue weighted by Crippen LogP contribution is -2.40. The fraction of sp³-hybridized carbons (Fsp3) is 0.786. The number of hydrogen-bond donors (Lipinski definition) is 1. The molecule has 0 spiro atoms. The first-order chi connectivity index (χ1) is 8.29. The third kappa shape index (κ3) is 3.56. The molecule has 2 rings (SSSR count). The van der Waals surface area contributed by atoms with E-state index in [1.807, 2.05) is 7.05 Å². The number of rotatable bonds is 4. The summed E-state index contributed by atoms with van der Waals surface area (Å²) < 4.78 is 0. The molecule has 96 valence electrons. The van der Waals surface area contributed by atoms with Crippen molar-refractivity contribution in [1.29, 1.82) is 0 Å². The summed E-state index contributed by atoms with van der Waals surface area (Å²) in [4.78, 5) is 14.2. The van der Waals surface area contributed by atoms with Crippen LogP contribution in [0.2, 0.25) is 0 Å². The fourth-order valence-corrected chi connectivity index (χ4v) is 2.89. The van der Waals surface area contributed by atoms with E-state index in [0.29, 0.717) is 11.8 Å². The van der Waals surface area contributed by atoms with Crippen molar-refractivity contribution in [2.45, 2.75) is 32.1 Å². The third-order valence-electron chi connectivity index (χ3n) is 4.01. The molecule has 1 N–H and O–H groups in total. The zero-order valence-electron chi connectivity index (χ0n) is 10.8. The van der Waals surface area contributed by atoms with E-state index in [2.05, 4.69) is 22.4 Å². The second-order valence-electron chi connectivity index (χ2n) is 5.35. The smallest absolute Gasteiger partial charge is 0.223 e. The van der Waals surface area contributed by atoms with Crippen LogP contribution in [-0.2, 0) is 4.79 Å². The van der Waals surface area contributed by atoms with Crippen LogP contribution < -0.4 is 5.32 Å². The van der Waals surface area contributed by atoms with Crippen molar-refractivity contribution in [2.75, 3.05) is 26.7 Å². The number of nitrogens with one attached hydrogen (secondary N) is 1. The van der Waals surface area contributed by atoms with Gasteiger partial charge in [-0.15, -0.1) is 0 Å². The van der Waals surface area contributed by atoms with Gasteiger partial charge in [-0.3, -0.25) is 4.79 Å². The second kappa shape index (κ2) is 6.20. The molecule has 1 atom stereocenters. The minimum Gasteiger partial charge on any atom is -0.343 e. The molecule has 0 radical (unpaired) electrons. The van der Waals surface area contributed by atoms with E-state index in [0.717, 1.165) is 51.2 Å². The standard InChI is InChI=1S/C14H24N2O/c1-15-11-13-6-8-16(9-7-13)14(17)10-12-4-2-3-5-12/h2,4,12-13,15H,3,5-11H2,1H3. The first-order valence-electron chi connectivity index (χ1n) is 6.88. The first kappa shape index (κ1) is 12.6. The molecule has 0 aromatic rings. The van der Waals surface area contributed by atoms with E-state index in [1.165, 1.54) is 6.42 Å². The van der Waals surface area contributed by atoms with Gasteiger partial charge in [-0.2, -0.15) is 0 Å². The van der Waals surface area contributed by atoms with E-state index >= 15 is 0 Å². The monoisotopic (exact) mass is 236 g/mol. The maximum atomic E-state index is 12.1. The van der Waals surface area contributed by atoms with E-state index in [9.17, 15) is 4.79 Å². The molecule has 1 fully saturated rings. The summed E-state index contributed by atoms with van der Waals surface area (Å²) in [6.45, 7) is 3.01. The Kier molecular flexibility index (Phi) is 4.60. The molecule has 1 amide bonds. The van der Waals surface area contributed by atoms with Gasteiger partial charge >= 0.3 is 0 Å². The summed E-state index contributed by atoms with van der Waals surface area (Å²) in [7, 11) is 2.00. The molecule has 1 aliphatic heterocycles. The Morgan fingerprint density at radius 3 is 2.71 bits per heavy atom. The molecule has 0 aromatic heterocycles. The third-order valence-corrected chi connectivity index (χ3v) is 4.01. The lowest BCUT2D eigenvalue weighted by molar-refractivity contribution is -0.133. The molecule has 0 saturated carbocycles. The highest BCUT2D eigenvalue weighted by atomic mass is 16.2. The van der Waals surface area contributed by atoms with Gasteiger partial charge in [0.05, 0.1) is 0 Å². The van der Waals surface area contributed by atoms with Crippen LogP contribution in [0.5, 0.6) is 0 Å². The average molecular weight is 236 g/mol. The van der Waals surface area contributed by atoms with Crippen LogP contribution in [0.1, 0.15) is 32.1 Å². The number of amides is 1. The summed E-state index contributed by atoms with van der Waals surface area (Å²) in [6.07, 6.45) is 9.79. The molecule has 0 aromatic carbocycles. The van der Waals surface area contributed by atoms with Crippen LogP contribution in [0.4, 0.5) is 0 Å². The number of allylic oxidation sites excluding steroid dienone is 2. The van der Waals surface area contributed by atoms with Gasteiger partial charge in [-0.25, -0.2) is 0 Å². The van der Waals surface area contributed by atoms with Gasteiger partial charge < -0.3 is 10.2 Å². The highest BCUT2D eigenvalue weighted by molar-refractivity contribution is 5.76. The molecule has 0 bridgehead atoms. The fourth-order valence-electron chi connectivity index (χ4n) is 2.89. The van der Waals surface area contributed by atoms with Crippen molar-refractivity contribution in [1.82, 2.24) is 10.2 Å². The maximum Gasteiger partial charge on any atom is 0.223 e. The van der Waals surface area contributed by atoms with Crippen LogP contribution in [0.3, 0.4) is 0 Å². The Balaban J connectivity index is 1.72. The second-order valence-corrected chi connectivity index (χ2v) is 5.35. The van der Waals surface area contributed by atoms with Crippen LogP contribution in [0.25, 0.3) is 0 Å². The lowest BCUT2D eigenvalue weighted by atomic mass is 9.96. The Bertz CT molecular complexity index is 280. The highest BCUT2D eigenvalue weighted by Crippen LogP contribution is 2.23. The minimum atomic E-state index is 0.365. The molecular formula is C14H24N2O. The largest absolute Gasteiger partial charge is 0.343 e. The van der Waals surface area contributed by atoms with Crippen molar-refractivity contribution in [3.05, 3.63) is 12.2 Å². The predicted octanol–water partition coefficient (Wildman–Crippen LogP) is 1.80. The van der Waals surface area contributed by atoms with E-state index < -0.39 is 0 Å². The lowest BCUT2D eigenvalue weighted by Gasteiger charge is -2.32. The number of hydrogen-bond acceptors (Lipinski definition) is 2. The van der Waals surface area contributed by atoms with Gasteiger partial charge in [0, 0.05) is 19.5 Å². The van der Waals surface area contributed by atoms with Crippen LogP contribution >= 0.6 is 0 Å². The van der Waals surface area contributed by atoms with Gasteiger partial charge in [0.25, 0.3) is 0 Å². The summed E-state index contributed by atoms with van der Waals surface area (Å²) in [6, 6.07) is 0. The molecule has 2 aliphatic rings. The number of nitrogens with zero attached hydrogens (tertiary/aromatic N) is 1. The summed E-state index contributed by atoms with van der Waals surface area (Å²) >= 11 is 0. The summed E-state index contributed by atoms with van der Waals surface area (Å²) in [5, 5.41) is 3.23. The van der Waals surface area contributed by atoms with E-state index in [4.69, 9.17) is 0 Å². The Morgan fingerprint density at radius 2 is 2.12 bits per heavy atom. The summed E-state index contributed by atoms with van der Waals surface area (Å²) in [5.41, 5.74) is 0. The van der Waals surface area contributed by atoms with Crippen molar-refractivity contribution in [3.8, 4) is 0 Å². The van der Waals surface area contributed by atoms with Gasteiger partial charge in [-0.05, 0) is 51.1 Å². The van der Waals surface area contributed by atoms with E-state index in [1.54, 1.807) is 0 Å². The molecule has 1 aliphatic carbocycles. The zero-order valence-corrected chi connectivity index (χ0v) is 10.8. The quantitative estimate of drug-likeness (QED) is 0.755. The molecule has 1 heterocycles. The Hall–Kier alpha value is -0.830. The molecule has 1 saturated heterocycles. The van der Waals surface area contributed by atoms with Crippen molar-refractivity contribution in [3.63, 3.8) is 0 Å². The highest BCUT2D eigenvalue weighted by Gasteiger charge is 2.24. The number of piperidine rings is 1. The topological polar surface area (TPSA) is 32.3 Å². The summed E-state index contributed by atoms with van der Waals surface area (Å²) in [5.74, 6) is 1.64. The average Bonchev–Trinajstić information content (AvgIpc) is 2.83. The number of carbonyl (C=O) groups is 1.